The van der Waals surface area contributed by atoms with E-state index in [0.717, 1.165) is 34.9 Å². The zero-order valence-corrected chi connectivity index (χ0v) is 35.1. The van der Waals surface area contributed by atoms with Crippen LogP contribution in [-0.2, 0) is 5.41 Å². The topological polar surface area (TPSA) is 30.5 Å². The molecule has 0 saturated heterocycles. The zero-order valence-electron chi connectivity index (χ0n) is 35.1. The number of rotatable bonds is 9. The maximum atomic E-state index is 4.07. The Morgan fingerprint density at radius 1 is 0.613 bits per heavy atom. The van der Waals surface area contributed by atoms with Gasteiger partial charge in [0.2, 0.25) is 0 Å². The Bertz CT molecular complexity index is 2910. The molecule has 1 radical (unpaired) electrons. The number of anilines is 7. The van der Waals surface area contributed by atoms with E-state index < -0.39 is 5.41 Å². The fraction of sp³-hybridized carbons (Fsp3) is 0.107. The molecule has 6 heteroatoms. The first-order valence-corrected chi connectivity index (χ1v) is 21.9. The summed E-state index contributed by atoms with van der Waals surface area (Å²) in [4.78, 5) is 5.12. The third-order valence-electron chi connectivity index (χ3n) is 13.2. The van der Waals surface area contributed by atoms with Crippen LogP contribution in [0.1, 0.15) is 25.8 Å². The van der Waals surface area contributed by atoms with E-state index in [1.807, 2.05) is 0 Å². The van der Waals surface area contributed by atoms with Crippen molar-refractivity contribution in [2.45, 2.75) is 31.5 Å². The molecule has 297 valence electrons. The van der Waals surface area contributed by atoms with E-state index in [1.54, 1.807) is 0 Å². The molecule has 7 aromatic rings. The molecular formula is C56H47B2N4. The molecule has 3 atom stereocenters. The van der Waals surface area contributed by atoms with Crippen molar-refractivity contribution in [2.75, 3.05) is 20.4 Å². The number of allylic oxidation sites excluding steroid dienone is 7. The van der Waals surface area contributed by atoms with Crippen LogP contribution in [0.25, 0.3) is 0 Å². The maximum Gasteiger partial charge on any atom is 0.251 e. The Kier molecular flexibility index (Phi) is 9.57. The molecule has 11 rings (SSSR count). The van der Waals surface area contributed by atoms with Crippen molar-refractivity contribution < 1.29 is 0 Å². The molecule has 0 aromatic heterocycles. The molecule has 4 nitrogen and oxygen atoms in total. The average Bonchev–Trinajstić information content (AvgIpc) is 3.31. The minimum Gasteiger partial charge on any atom is -0.359 e. The van der Waals surface area contributed by atoms with Crippen LogP contribution in [0.2, 0.25) is 5.82 Å². The second kappa shape index (κ2) is 15.7. The third-order valence-corrected chi connectivity index (χ3v) is 13.2. The molecule has 0 fully saturated rings. The van der Waals surface area contributed by atoms with Crippen LogP contribution in [-0.4, -0.2) is 14.0 Å². The molecule has 2 aliphatic heterocycles. The van der Waals surface area contributed by atoms with Crippen molar-refractivity contribution in [3.63, 3.8) is 0 Å². The van der Waals surface area contributed by atoms with Gasteiger partial charge in [0.1, 0.15) is 0 Å². The largest absolute Gasteiger partial charge is 0.359 e. The smallest absolute Gasteiger partial charge is 0.251 e. The highest BCUT2D eigenvalue weighted by atomic mass is 15.2. The lowest BCUT2D eigenvalue weighted by molar-refractivity contribution is 0.540. The molecule has 0 spiro atoms. The molecule has 3 unspecified atom stereocenters. The van der Waals surface area contributed by atoms with Crippen LogP contribution in [0.3, 0.4) is 0 Å². The van der Waals surface area contributed by atoms with Gasteiger partial charge in [0.05, 0.1) is 0 Å². The molecular weight excluding hydrogens is 750 g/mol. The van der Waals surface area contributed by atoms with E-state index in [1.165, 1.54) is 55.9 Å². The first-order valence-electron chi connectivity index (χ1n) is 21.9. The van der Waals surface area contributed by atoms with Gasteiger partial charge in [-0.05, 0) is 107 Å². The van der Waals surface area contributed by atoms with Gasteiger partial charge in [-0.15, -0.1) is 0 Å². The Morgan fingerprint density at radius 2 is 1.19 bits per heavy atom. The summed E-state index contributed by atoms with van der Waals surface area (Å²) < 4.78 is 0. The average molecular weight is 798 g/mol. The minimum absolute atomic E-state index is 0.00282. The molecule has 62 heavy (non-hydrogen) atoms. The lowest BCUT2D eigenvalue weighted by Gasteiger charge is -2.55. The van der Waals surface area contributed by atoms with Crippen molar-refractivity contribution in [3.8, 4) is 0 Å². The van der Waals surface area contributed by atoms with Crippen LogP contribution in [0.5, 0.6) is 0 Å². The van der Waals surface area contributed by atoms with Gasteiger partial charge < -0.3 is 20.4 Å². The highest BCUT2D eigenvalue weighted by molar-refractivity contribution is 6.94. The molecule has 2 heterocycles. The standard InChI is InChI=1S/C56H47B2N4/c1-39-20-19-25-42(36-39)60-49-37-43(59-41-23-9-4-10-24-41)34-35-46(49)56(2)53(57-40-21-7-3-8-22-40)38-52-54-55(56)62(45-28-13-6-14-29-45)51-33-18-16-31-48(51)58(54)47-30-15-17-32-50(47)61(52)44-26-11-5-12-27-44/h3-35,37-39,53,59-60H,36H2,1-2H3. The Labute approximate surface area is 367 Å². The van der Waals surface area contributed by atoms with Gasteiger partial charge in [-0.3, -0.25) is 0 Å². The number of nitrogens with zero attached hydrogens (tertiary/aromatic N) is 2. The summed E-state index contributed by atoms with van der Waals surface area (Å²) in [7, 11) is 2.50. The summed E-state index contributed by atoms with van der Waals surface area (Å²) >= 11 is 0. The number of para-hydroxylation sites is 5. The first kappa shape index (κ1) is 37.8. The molecule has 4 aliphatic rings. The minimum atomic E-state index is -0.602. The summed E-state index contributed by atoms with van der Waals surface area (Å²) in [6.07, 6.45) is 10.3. The van der Waals surface area contributed by atoms with Gasteiger partial charge in [0, 0.05) is 62.3 Å². The molecule has 7 aromatic carbocycles. The third kappa shape index (κ3) is 6.49. The van der Waals surface area contributed by atoms with Gasteiger partial charge >= 0.3 is 0 Å². The van der Waals surface area contributed by atoms with Crippen LogP contribution in [0.4, 0.5) is 39.8 Å². The van der Waals surface area contributed by atoms with Crippen LogP contribution < -0.4 is 36.8 Å². The second-order valence-corrected chi connectivity index (χ2v) is 17.1. The Hall–Kier alpha value is -7.17. The number of hydrogen-bond donors (Lipinski definition) is 2. The summed E-state index contributed by atoms with van der Waals surface area (Å²) in [5.41, 5.74) is 17.4. The molecule has 0 bridgehead atoms. The SMILES string of the molecule is CC1C=CC=C(Nc2cc(Nc3ccccc3)ccc2C2(C)C3=C4B(c5ccccc5N(c5ccccc5)C4=CC2[B]c2ccccc2)c2ccccc2N3c2ccccc2)C1. The monoisotopic (exact) mass is 797 g/mol. The van der Waals surface area contributed by atoms with E-state index >= 15 is 0 Å². The lowest BCUT2D eigenvalue weighted by atomic mass is 9.30. The van der Waals surface area contributed by atoms with E-state index in [4.69, 9.17) is 0 Å². The van der Waals surface area contributed by atoms with Crippen LogP contribution >= 0.6 is 0 Å². The maximum absolute atomic E-state index is 4.07. The highest BCUT2D eigenvalue weighted by Gasteiger charge is 2.55. The second-order valence-electron chi connectivity index (χ2n) is 17.1. The Morgan fingerprint density at radius 3 is 1.85 bits per heavy atom. The predicted octanol–water partition coefficient (Wildman–Crippen LogP) is 11.7. The van der Waals surface area contributed by atoms with Gasteiger partial charge in [0.25, 0.3) is 6.71 Å². The number of benzene rings is 7. The molecule has 2 aliphatic carbocycles. The predicted molar refractivity (Wildman–Crippen MR) is 264 cm³/mol. The van der Waals surface area contributed by atoms with E-state index in [-0.39, 0.29) is 12.5 Å². The molecule has 2 N–H and O–H groups in total. The van der Waals surface area contributed by atoms with Crippen molar-refractivity contribution in [2.24, 2.45) is 5.92 Å². The Balaban J connectivity index is 1.24. The van der Waals surface area contributed by atoms with Crippen molar-refractivity contribution in [1.29, 1.82) is 0 Å². The van der Waals surface area contributed by atoms with Crippen molar-refractivity contribution >= 4 is 70.2 Å². The first-order chi connectivity index (χ1) is 30.5. The molecule has 0 amide bonds. The fourth-order valence-electron chi connectivity index (χ4n) is 10.4. The van der Waals surface area contributed by atoms with Crippen molar-refractivity contribution in [3.05, 3.63) is 240 Å². The molecule has 0 saturated carbocycles. The van der Waals surface area contributed by atoms with Gasteiger partial charge in [-0.1, -0.05) is 165 Å². The lowest BCUT2D eigenvalue weighted by Crippen LogP contribution is -2.60. The highest BCUT2D eigenvalue weighted by Crippen LogP contribution is 2.58. The normalized spacial score (nSPS) is 19.7. The number of hydrogen-bond acceptors (Lipinski definition) is 4. The fourth-order valence-corrected chi connectivity index (χ4v) is 10.4. The van der Waals surface area contributed by atoms with Gasteiger partial charge in [-0.2, -0.15) is 0 Å². The van der Waals surface area contributed by atoms with Gasteiger partial charge in [-0.25, -0.2) is 0 Å². The van der Waals surface area contributed by atoms with Crippen LogP contribution in [0.15, 0.2) is 235 Å². The van der Waals surface area contributed by atoms with Crippen molar-refractivity contribution in [1.82, 2.24) is 0 Å². The summed E-state index contributed by atoms with van der Waals surface area (Å²) in [5, 5.41) is 7.80. The van der Waals surface area contributed by atoms with E-state index in [9.17, 15) is 0 Å². The quantitative estimate of drug-likeness (QED) is 0.142. The number of nitrogens with one attached hydrogen (secondary N) is 2. The van der Waals surface area contributed by atoms with Gasteiger partial charge in [0.15, 0.2) is 7.28 Å². The summed E-state index contributed by atoms with van der Waals surface area (Å²) in [6.45, 7) is 4.80. The summed E-state index contributed by atoms with van der Waals surface area (Å²) in [6, 6.07) is 68.5. The summed E-state index contributed by atoms with van der Waals surface area (Å²) in [5.74, 6) is 0.353. The van der Waals surface area contributed by atoms with E-state index in [2.05, 4.69) is 254 Å². The van der Waals surface area contributed by atoms with Crippen LogP contribution in [0, 0.1) is 5.92 Å². The zero-order chi connectivity index (χ0) is 41.6. The van der Waals surface area contributed by atoms with E-state index in [0.29, 0.717) is 5.92 Å². The number of fused-ring (bicyclic) bond motifs is 4.